The number of fused-ring (bicyclic) bond motifs is 1. The van der Waals surface area contributed by atoms with E-state index < -0.39 is 0 Å². The normalized spacial score (nSPS) is 10.6. The van der Waals surface area contributed by atoms with E-state index in [4.69, 9.17) is 0 Å². The Labute approximate surface area is 145 Å². The molecule has 0 radical (unpaired) electrons. The third kappa shape index (κ3) is 3.65. The van der Waals surface area contributed by atoms with Gasteiger partial charge in [0.25, 0.3) is 11.8 Å². The molecule has 0 bridgehead atoms. The molecule has 128 valence electrons. The molecular formula is C18H19N5O2. The van der Waals surface area contributed by atoms with Gasteiger partial charge in [-0.3, -0.25) is 19.0 Å². The largest absolute Gasteiger partial charge is 0.351 e. The van der Waals surface area contributed by atoms with Gasteiger partial charge in [0.15, 0.2) is 5.69 Å². The van der Waals surface area contributed by atoms with Crippen molar-refractivity contribution >= 4 is 17.3 Å². The van der Waals surface area contributed by atoms with E-state index in [1.54, 1.807) is 28.9 Å². The monoisotopic (exact) mass is 337 g/mol. The fourth-order valence-corrected chi connectivity index (χ4v) is 2.44. The number of rotatable bonds is 6. The van der Waals surface area contributed by atoms with Gasteiger partial charge in [0.2, 0.25) is 5.82 Å². The summed E-state index contributed by atoms with van der Waals surface area (Å²) in [5.74, 6) is -0.469. The average Bonchev–Trinajstić information content (AvgIpc) is 3.05. The van der Waals surface area contributed by atoms with Crippen LogP contribution in [0.25, 0.3) is 5.52 Å². The summed E-state index contributed by atoms with van der Waals surface area (Å²) in [7, 11) is 0. The lowest BCUT2D eigenvalue weighted by atomic mass is 10.3. The third-order valence-electron chi connectivity index (χ3n) is 3.66. The summed E-state index contributed by atoms with van der Waals surface area (Å²) < 4.78 is 1.62. The van der Waals surface area contributed by atoms with Crippen molar-refractivity contribution in [2.24, 2.45) is 0 Å². The van der Waals surface area contributed by atoms with E-state index in [9.17, 15) is 9.59 Å². The highest BCUT2D eigenvalue weighted by molar-refractivity contribution is 6.02. The highest BCUT2D eigenvalue weighted by atomic mass is 16.2. The van der Waals surface area contributed by atoms with E-state index in [1.807, 2.05) is 31.2 Å². The summed E-state index contributed by atoms with van der Waals surface area (Å²) >= 11 is 0. The van der Waals surface area contributed by atoms with Gasteiger partial charge in [-0.15, -0.1) is 0 Å². The zero-order chi connectivity index (χ0) is 17.6. The van der Waals surface area contributed by atoms with Crippen LogP contribution in [-0.4, -0.2) is 32.7 Å². The number of amides is 2. The van der Waals surface area contributed by atoms with Gasteiger partial charge in [-0.2, -0.15) is 0 Å². The van der Waals surface area contributed by atoms with Gasteiger partial charge < -0.3 is 10.6 Å². The molecule has 0 unspecified atom stereocenters. The first-order chi connectivity index (χ1) is 12.2. The highest BCUT2D eigenvalue weighted by Crippen LogP contribution is 2.13. The molecule has 2 amide bonds. The van der Waals surface area contributed by atoms with Crippen LogP contribution in [0.4, 0.5) is 0 Å². The Morgan fingerprint density at radius 2 is 1.92 bits per heavy atom. The van der Waals surface area contributed by atoms with E-state index in [2.05, 4.69) is 20.6 Å². The zero-order valence-electron chi connectivity index (χ0n) is 13.9. The second kappa shape index (κ2) is 7.57. The standard InChI is InChI=1S/C18H19N5O2/c1-2-9-20-17(24)15-14-8-4-6-11-23(14)16(22-15)18(25)21-12-13-7-3-5-10-19-13/h3-8,10-11H,2,9,12H2,1H3,(H,20,24)(H,21,25). The summed E-state index contributed by atoms with van der Waals surface area (Å²) in [4.78, 5) is 33.3. The quantitative estimate of drug-likeness (QED) is 0.718. The summed E-state index contributed by atoms with van der Waals surface area (Å²) in [6, 6.07) is 10.9. The second-order valence-corrected chi connectivity index (χ2v) is 5.50. The van der Waals surface area contributed by atoms with Crippen molar-refractivity contribution in [2.75, 3.05) is 6.54 Å². The van der Waals surface area contributed by atoms with E-state index in [0.717, 1.165) is 12.1 Å². The van der Waals surface area contributed by atoms with Crippen LogP contribution in [0.2, 0.25) is 0 Å². The van der Waals surface area contributed by atoms with Crippen molar-refractivity contribution in [3.05, 3.63) is 66.0 Å². The van der Waals surface area contributed by atoms with Gasteiger partial charge in [-0.05, 0) is 30.7 Å². The van der Waals surface area contributed by atoms with E-state index >= 15 is 0 Å². The van der Waals surface area contributed by atoms with E-state index in [1.165, 1.54) is 0 Å². The fourth-order valence-electron chi connectivity index (χ4n) is 2.44. The Bertz CT molecular complexity index is 889. The number of aromatic nitrogens is 3. The van der Waals surface area contributed by atoms with Crippen LogP contribution in [0.5, 0.6) is 0 Å². The molecule has 7 heteroatoms. The SMILES string of the molecule is CCCNC(=O)c1nc(C(=O)NCc2ccccn2)n2ccccc12. The van der Waals surface area contributed by atoms with Crippen molar-refractivity contribution in [1.29, 1.82) is 0 Å². The molecule has 3 aromatic heterocycles. The summed E-state index contributed by atoms with van der Waals surface area (Å²) in [5.41, 5.74) is 1.59. The molecule has 0 aliphatic rings. The Kier molecular flexibility index (Phi) is 5.03. The van der Waals surface area contributed by atoms with Gasteiger partial charge in [-0.25, -0.2) is 4.98 Å². The Morgan fingerprint density at radius 1 is 1.08 bits per heavy atom. The number of carbonyl (C=O) groups is 2. The smallest absolute Gasteiger partial charge is 0.288 e. The molecule has 3 rings (SSSR count). The minimum absolute atomic E-state index is 0.174. The lowest BCUT2D eigenvalue weighted by Crippen LogP contribution is -2.26. The number of imidazole rings is 1. The zero-order valence-corrected chi connectivity index (χ0v) is 13.9. The molecule has 0 aliphatic carbocycles. The molecule has 2 N–H and O–H groups in total. The molecule has 0 saturated heterocycles. The highest BCUT2D eigenvalue weighted by Gasteiger charge is 2.21. The molecule has 0 saturated carbocycles. The first kappa shape index (κ1) is 16.6. The lowest BCUT2D eigenvalue weighted by molar-refractivity contribution is 0.0939. The van der Waals surface area contributed by atoms with Gasteiger partial charge in [0.05, 0.1) is 17.8 Å². The Balaban J connectivity index is 1.85. The first-order valence-electron chi connectivity index (χ1n) is 8.14. The maximum absolute atomic E-state index is 12.5. The number of carbonyl (C=O) groups excluding carboxylic acids is 2. The van der Waals surface area contributed by atoms with Crippen molar-refractivity contribution in [2.45, 2.75) is 19.9 Å². The van der Waals surface area contributed by atoms with Crippen LogP contribution in [0, 0.1) is 0 Å². The average molecular weight is 337 g/mol. The molecular weight excluding hydrogens is 318 g/mol. The van der Waals surface area contributed by atoms with E-state index in [-0.39, 0.29) is 23.3 Å². The summed E-state index contributed by atoms with van der Waals surface area (Å²) in [6.07, 6.45) is 4.21. The molecule has 25 heavy (non-hydrogen) atoms. The van der Waals surface area contributed by atoms with Crippen LogP contribution in [0.1, 0.15) is 40.1 Å². The lowest BCUT2D eigenvalue weighted by Gasteiger charge is -2.03. The van der Waals surface area contributed by atoms with Gasteiger partial charge in [0, 0.05) is 18.9 Å². The third-order valence-corrected chi connectivity index (χ3v) is 3.66. The van der Waals surface area contributed by atoms with Gasteiger partial charge in [-0.1, -0.05) is 19.1 Å². The number of hydrogen-bond donors (Lipinski definition) is 2. The predicted octanol–water partition coefficient (Wildman–Crippen LogP) is 1.80. The molecule has 3 heterocycles. The summed E-state index contributed by atoms with van der Waals surface area (Å²) in [5, 5.41) is 5.58. The van der Waals surface area contributed by atoms with Crippen LogP contribution in [0.15, 0.2) is 48.8 Å². The predicted molar refractivity (Wildman–Crippen MR) is 93.2 cm³/mol. The second-order valence-electron chi connectivity index (χ2n) is 5.50. The molecule has 0 aliphatic heterocycles. The van der Waals surface area contributed by atoms with Crippen LogP contribution < -0.4 is 10.6 Å². The van der Waals surface area contributed by atoms with Crippen LogP contribution >= 0.6 is 0 Å². The number of hydrogen-bond acceptors (Lipinski definition) is 4. The van der Waals surface area contributed by atoms with E-state index in [0.29, 0.717) is 18.6 Å². The molecule has 0 fully saturated rings. The number of pyridine rings is 2. The van der Waals surface area contributed by atoms with Crippen LogP contribution in [0.3, 0.4) is 0 Å². The Morgan fingerprint density at radius 3 is 2.68 bits per heavy atom. The molecule has 3 aromatic rings. The molecule has 0 spiro atoms. The van der Waals surface area contributed by atoms with Crippen molar-refractivity contribution < 1.29 is 9.59 Å². The van der Waals surface area contributed by atoms with Crippen LogP contribution in [-0.2, 0) is 6.54 Å². The van der Waals surface area contributed by atoms with Crippen molar-refractivity contribution in [1.82, 2.24) is 25.0 Å². The minimum atomic E-state index is -0.360. The maximum Gasteiger partial charge on any atom is 0.288 e. The molecule has 0 atom stereocenters. The minimum Gasteiger partial charge on any atom is -0.351 e. The number of nitrogens with one attached hydrogen (secondary N) is 2. The topological polar surface area (TPSA) is 88.4 Å². The summed E-state index contributed by atoms with van der Waals surface area (Å²) in [6.45, 7) is 2.83. The number of nitrogens with zero attached hydrogens (tertiary/aromatic N) is 3. The first-order valence-corrected chi connectivity index (χ1v) is 8.14. The molecule has 0 aromatic carbocycles. The maximum atomic E-state index is 12.5. The van der Waals surface area contributed by atoms with Gasteiger partial charge >= 0.3 is 0 Å². The molecule has 7 nitrogen and oxygen atoms in total. The van der Waals surface area contributed by atoms with Crippen molar-refractivity contribution in [3.63, 3.8) is 0 Å². The fraction of sp³-hybridized carbons (Fsp3) is 0.222. The van der Waals surface area contributed by atoms with Crippen molar-refractivity contribution in [3.8, 4) is 0 Å². The Hall–Kier alpha value is -3.22. The van der Waals surface area contributed by atoms with Gasteiger partial charge in [0.1, 0.15) is 0 Å².